The Labute approximate surface area is 154 Å². The average molecular weight is 358 g/mol. The third kappa shape index (κ3) is 5.21. The zero-order valence-corrected chi connectivity index (χ0v) is 15.3. The van der Waals surface area contributed by atoms with Crippen LogP contribution in [0.3, 0.4) is 0 Å². The molecule has 1 aliphatic rings. The maximum Gasteiger partial charge on any atom is 0.128 e. The summed E-state index contributed by atoms with van der Waals surface area (Å²) < 4.78 is 5.64. The number of nitrogens with zero attached hydrogens (tertiary/aromatic N) is 3. The summed E-state index contributed by atoms with van der Waals surface area (Å²) in [5.41, 5.74) is 2.32. The molecule has 1 saturated heterocycles. The molecule has 1 aliphatic heterocycles. The van der Waals surface area contributed by atoms with Crippen molar-refractivity contribution in [1.82, 2.24) is 9.91 Å². The Morgan fingerprint density at radius 1 is 1.04 bits per heavy atom. The van der Waals surface area contributed by atoms with Gasteiger partial charge in [-0.05, 0) is 36.8 Å². The fraction of sp³-hybridized carbons (Fsp3) is 0.350. The van der Waals surface area contributed by atoms with Crippen LogP contribution in [0.4, 0.5) is 0 Å². The Morgan fingerprint density at radius 3 is 2.48 bits per heavy atom. The first-order chi connectivity index (χ1) is 12.2. The molecule has 132 valence electrons. The highest BCUT2D eigenvalue weighted by Gasteiger charge is 2.15. The predicted octanol–water partition coefficient (Wildman–Crippen LogP) is 3.89. The van der Waals surface area contributed by atoms with Crippen molar-refractivity contribution in [2.24, 2.45) is 5.10 Å². The Hall–Kier alpha value is -2.04. The second-order valence-corrected chi connectivity index (χ2v) is 6.51. The van der Waals surface area contributed by atoms with E-state index in [-0.39, 0.29) is 0 Å². The highest BCUT2D eigenvalue weighted by molar-refractivity contribution is 6.30. The minimum Gasteiger partial charge on any atom is -0.493 e. The number of para-hydroxylation sites is 1. The minimum absolute atomic E-state index is 0.661. The molecule has 3 rings (SSSR count). The quantitative estimate of drug-likeness (QED) is 0.734. The standard InChI is InChI=1S/C20H24ClN3O/c1-2-25-20-6-4-3-5-18(20)15-22-24-13-11-23(12-14-24)16-17-7-9-19(21)10-8-17/h3-10,15H,2,11-14,16H2,1H3/b22-15-. The number of hydrogen-bond acceptors (Lipinski definition) is 4. The van der Waals surface area contributed by atoms with Gasteiger partial charge in [-0.1, -0.05) is 35.9 Å². The first-order valence-corrected chi connectivity index (χ1v) is 9.10. The third-order valence-electron chi connectivity index (χ3n) is 4.25. The molecule has 5 heteroatoms. The van der Waals surface area contributed by atoms with E-state index in [1.807, 2.05) is 49.5 Å². The van der Waals surface area contributed by atoms with Gasteiger partial charge >= 0.3 is 0 Å². The zero-order valence-electron chi connectivity index (χ0n) is 14.6. The summed E-state index contributed by atoms with van der Waals surface area (Å²) >= 11 is 5.94. The molecule has 0 radical (unpaired) electrons. The van der Waals surface area contributed by atoms with Gasteiger partial charge in [0.05, 0.1) is 12.8 Å². The van der Waals surface area contributed by atoms with Crippen LogP contribution in [-0.4, -0.2) is 48.9 Å². The lowest BCUT2D eigenvalue weighted by Gasteiger charge is -2.33. The van der Waals surface area contributed by atoms with Gasteiger partial charge in [0.2, 0.25) is 0 Å². The summed E-state index contributed by atoms with van der Waals surface area (Å²) in [6.07, 6.45) is 1.90. The molecule has 0 amide bonds. The molecular weight excluding hydrogens is 334 g/mol. The number of piperazine rings is 1. The molecule has 0 bridgehead atoms. The smallest absolute Gasteiger partial charge is 0.128 e. The normalized spacial score (nSPS) is 15.7. The monoisotopic (exact) mass is 357 g/mol. The van der Waals surface area contributed by atoms with Gasteiger partial charge in [-0.3, -0.25) is 9.91 Å². The van der Waals surface area contributed by atoms with Crippen molar-refractivity contribution in [2.75, 3.05) is 32.8 Å². The first kappa shape index (κ1) is 17.8. The van der Waals surface area contributed by atoms with E-state index in [4.69, 9.17) is 16.3 Å². The molecule has 2 aromatic carbocycles. The lowest BCUT2D eigenvalue weighted by molar-refractivity contribution is 0.131. The second kappa shape index (κ2) is 8.88. The number of hydrogen-bond donors (Lipinski definition) is 0. The largest absolute Gasteiger partial charge is 0.493 e. The molecule has 0 spiro atoms. The van der Waals surface area contributed by atoms with Gasteiger partial charge in [0, 0.05) is 43.3 Å². The maximum atomic E-state index is 5.94. The maximum absolute atomic E-state index is 5.94. The molecule has 1 fully saturated rings. The SMILES string of the molecule is CCOc1ccccc1/C=N\N1CCN(Cc2ccc(Cl)cc2)CC1. The van der Waals surface area contributed by atoms with E-state index in [0.29, 0.717) is 6.61 Å². The van der Waals surface area contributed by atoms with Gasteiger partial charge in [-0.2, -0.15) is 5.10 Å². The fourth-order valence-electron chi connectivity index (χ4n) is 2.88. The molecule has 0 unspecified atom stereocenters. The molecule has 0 atom stereocenters. The molecule has 4 nitrogen and oxygen atoms in total. The van der Waals surface area contributed by atoms with E-state index in [1.165, 1.54) is 5.56 Å². The molecule has 0 saturated carbocycles. The number of ether oxygens (including phenoxy) is 1. The lowest BCUT2D eigenvalue weighted by atomic mass is 10.2. The van der Waals surface area contributed by atoms with Gasteiger partial charge in [0.15, 0.2) is 0 Å². The van der Waals surface area contributed by atoms with Crippen LogP contribution < -0.4 is 4.74 Å². The molecule has 2 aromatic rings. The van der Waals surface area contributed by atoms with Crippen molar-refractivity contribution in [1.29, 1.82) is 0 Å². The summed E-state index contributed by atoms with van der Waals surface area (Å²) in [7, 11) is 0. The van der Waals surface area contributed by atoms with Crippen LogP contribution in [0.2, 0.25) is 5.02 Å². The van der Waals surface area contributed by atoms with E-state index >= 15 is 0 Å². The van der Waals surface area contributed by atoms with Gasteiger partial charge in [-0.15, -0.1) is 0 Å². The van der Waals surface area contributed by atoms with Crippen molar-refractivity contribution in [3.63, 3.8) is 0 Å². The van der Waals surface area contributed by atoms with Crippen LogP contribution in [0.1, 0.15) is 18.1 Å². The molecule has 0 N–H and O–H groups in total. The van der Waals surface area contributed by atoms with Crippen LogP contribution in [0.25, 0.3) is 0 Å². The molecule has 0 aliphatic carbocycles. The second-order valence-electron chi connectivity index (χ2n) is 6.07. The highest BCUT2D eigenvalue weighted by Crippen LogP contribution is 2.16. The number of hydrazone groups is 1. The molecule has 1 heterocycles. The van der Waals surface area contributed by atoms with Crippen LogP contribution in [0.5, 0.6) is 5.75 Å². The number of benzene rings is 2. The lowest BCUT2D eigenvalue weighted by Crippen LogP contribution is -2.43. The Balaban J connectivity index is 1.51. The van der Waals surface area contributed by atoms with Gasteiger partial charge in [-0.25, -0.2) is 0 Å². The summed E-state index contributed by atoms with van der Waals surface area (Å²) in [5, 5.41) is 7.55. The average Bonchev–Trinajstić information content (AvgIpc) is 2.64. The van der Waals surface area contributed by atoms with Gasteiger partial charge in [0.25, 0.3) is 0 Å². The highest BCUT2D eigenvalue weighted by atomic mass is 35.5. The van der Waals surface area contributed by atoms with Crippen molar-refractivity contribution in [2.45, 2.75) is 13.5 Å². The zero-order chi connectivity index (χ0) is 17.5. The Bertz CT molecular complexity index is 694. The van der Waals surface area contributed by atoms with E-state index in [9.17, 15) is 0 Å². The van der Waals surface area contributed by atoms with Gasteiger partial charge < -0.3 is 4.74 Å². The van der Waals surface area contributed by atoms with Crippen LogP contribution >= 0.6 is 11.6 Å². The summed E-state index contributed by atoms with van der Waals surface area (Å²) in [4.78, 5) is 2.45. The van der Waals surface area contributed by atoms with Crippen molar-refractivity contribution >= 4 is 17.8 Å². The number of halogens is 1. The summed E-state index contributed by atoms with van der Waals surface area (Å²) in [6, 6.07) is 16.1. The predicted molar refractivity (Wildman–Crippen MR) is 104 cm³/mol. The van der Waals surface area contributed by atoms with Crippen molar-refractivity contribution in [3.05, 3.63) is 64.7 Å². The fourth-order valence-corrected chi connectivity index (χ4v) is 3.00. The van der Waals surface area contributed by atoms with Crippen molar-refractivity contribution in [3.8, 4) is 5.75 Å². The number of rotatable bonds is 6. The first-order valence-electron chi connectivity index (χ1n) is 8.72. The molecule has 25 heavy (non-hydrogen) atoms. The Kier molecular flexibility index (Phi) is 6.31. The summed E-state index contributed by atoms with van der Waals surface area (Å²) in [5.74, 6) is 0.884. The van der Waals surface area contributed by atoms with E-state index < -0.39 is 0 Å². The van der Waals surface area contributed by atoms with Crippen LogP contribution in [-0.2, 0) is 6.54 Å². The van der Waals surface area contributed by atoms with Crippen LogP contribution in [0.15, 0.2) is 53.6 Å². The Morgan fingerprint density at radius 2 is 1.76 bits per heavy atom. The van der Waals surface area contributed by atoms with E-state index in [2.05, 4.69) is 27.1 Å². The van der Waals surface area contributed by atoms with Crippen LogP contribution in [0, 0.1) is 0 Å². The third-order valence-corrected chi connectivity index (χ3v) is 4.50. The van der Waals surface area contributed by atoms with E-state index in [0.717, 1.165) is 49.1 Å². The van der Waals surface area contributed by atoms with Crippen molar-refractivity contribution < 1.29 is 4.74 Å². The minimum atomic E-state index is 0.661. The topological polar surface area (TPSA) is 28.1 Å². The van der Waals surface area contributed by atoms with E-state index in [1.54, 1.807) is 0 Å². The molecule has 0 aromatic heterocycles. The molecular formula is C20H24ClN3O. The van der Waals surface area contributed by atoms with Gasteiger partial charge in [0.1, 0.15) is 5.75 Å². The summed E-state index contributed by atoms with van der Waals surface area (Å²) in [6.45, 7) is 7.49.